The Kier molecular flexibility index (Phi) is 5.02. The van der Waals surface area contributed by atoms with Crippen LogP contribution in [0.5, 0.6) is 0 Å². The van der Waals surface area contributed by atoms with Gasteiger partial charge in [-0.2, -0.15) is 0 Å². The molecule has 2 aliphatic carbocycles. The number of hydrogen-bond acceptors (Lipinski definition) is 2. The van der Waals surface area contributed by atoms with Gasteiger partial charge in [-0.1, -0.05) is 39.0 Å². The van der Waals surface area contributed by atoms with Crippen LogP contribution in [0.1, 0.15) is 64.7 Å². The summed E-state index contributed by atoms with van der Waals surface area (Å²) in [6.45, 7) is 2.64. The minimum atomic E-state index is 0.320. The lowest BCUT2D eigenvalue weighted by molar-refractivity contribution is -0.130. The first kappa shape index (κ1) is 13.1. The molecule has 0 heterocycles. The molecule has 0 aliphatic heterocycles. The molecule has 0 aromatic rings. The van der Waals surface area contributed by atoms with E-state index in [1.165, 1.54) is 38.5 Å². The quantitative estimate of drug-likeness (QED) is 0.729. The molecule has 2 unspecified atom stereocenters. The van der Waals surface area contributed by atoms with Gasteiger partial charge < -0.3 is 4.74 Å². The molecule has 2 heteroatoms. The van der Waals surface area contributed by atoms with Crippen molar-refractivity contribution < 1.29 is 9.53 Å². The maximum Gasteiger partial charge on any atom is 0.161 e. The van der Waals surface area contributed by atoms with Crippen LogP contribution >= 0.6 is 0 Å². The molecule has 2 fully saturated rings. The first-order valence-corrected chi connectivity index (χ1v) is 7.44. The van der Waals surface area contributed by atoms with Gasteiger partial charge in [-0.15, -0.1) is 0 Å². The second-order valence-corrected chi connectivity index (χ2v) is 5.82. The SMILES string of the molecule is CCC1CCCC(OCC(=O)C2CCCC2)C1. The number of rotatable bonds is 5. The predicted octanol–water partition coefficient (Wildman–Crippen LogP) is 3.73. The van der Waals surface area contributed by atoms with Crippen LogP contribution in [0.25, 0.3) is 0 Å². The predicted molar refractivity (Wildman–Crippen MR) is 69.0 cm³/mol. The maximum atomic E-state index is 11.9. The van der Waals surface area contributed by atoms with Crippen LogP contribution in [0.2, 0.25) is 0 Å². The number of carbonyl (C=O) groups excluding carboxylic acids is 1. The Bertz CT molecular complexity index is 243. The molecule has 2 nitrogen and oxygen atoms in total. The standard InChI is InChI=1S/C15H26O2/c1-2-12-6-5-9-14(10-12)17-11-15(16)13-7-3-4-8-13/h12-14H,2-11H2,1H3. The second-order valence-electron chi connectivity index (χ2n) is 5.82. The molecule has 98 valence electrons. The van der Waals surface area contributed by atoms with Gasteiger partial charge in [-0.3, -0.25) is 4.79 Å². The summed E-state index contributed by atoms with van der Waals surface area (Å²) in [4.78, 5) is 11.9. The van der Waals surface area contributed by atoms with E-state index in [0.29, 0.717) is 24.4 Å². The van der Waals surface area contributed by atoms with Gasteiger partial charge in [-0.05, 0) is 31.6 Å². The highest BCUT2D eigenvalue weighted by Gasteiger charge is 2.25. The fraction of sp³-hybridized carbons (Fsp3) is 0.933. The van der Waals surface area contributed by atoms with Crippen molar-refractivity contribution >= 4 is 5.78 Å². The molecule has 0 bridgehead atoms. The summed E-state index contributed by atoms with van der Waals surface area (Å²) in [6, 6.07) is 0. The van der Waals surface area contributed by atoms with Gasteiger partial charge in [0.25, 0.3) is 0 Å². The van der Waals surface area contributed by atoms with E-state index in [0.717, 1.165) is 25.2 Å². The van der Waals surface area contributed by atoms with Crippen LogP contribution in [0.15, 0.2) is 0 Å². The third kappa shape index (κ3) is 3.80. The molecular formula is C15H26O2. The first-order chi connectivity index (χ1) is 8.29. The molecule has 0 aromatic heterocycles. The van der Waals surface area contributed by atoms with Gasteiger partial charge in [0, 0.05) is 5.92 Å². The number of carbonyl (C=O) groups is 1. The van der Waals surface area contributed by atoms with Gasteiger partial charge in [0.2, 0.25) is 0 Å². The Morgan fingerprint density at radius 2 is 1.88 bits per heavy atom. The fourth-order valence-electron chi connectivity index (χ4n) is 3.33. The summed E-state index contributed by atoms with van der Waals surface area (Å²) in [7, 11) is 0. The van der Waals surface area contributed by atoms with Crippen LogP contribution < -0.4 is 0 Å². The van der Waals surface area contributed by atoms with Crippen molar-refractivity contribution in [3.05, 3.63) is 0 Å². The Hall–Kier alpha value is -0.370. The number of Topliss-reactive ketones (excluding diaryl/α,β-unsaturated/α-hetero) is 1. The molecular weight excluding hydrogens is 212 g/mol. The van der Waals surface area contributed by atoms with Crippen LogP contribution in [-0.2, 0) is 9.53 Å². The van der Waals surface area contributed by atoms with E-state index in [9.17, 15) is 4.79 Å². The Labute approximate surface area is 105 Å². The average molecular weight is 238 g/mol. The van der Waals surface area contributed by atoms with Crippen molar-refractivity contribution in [2.24, 2.45) is 11.8 Å². The average Bonchev–Trinajstić information content (AvgIpc) is 2.90. The van der Waals surface area contributed by atoms with E-state index in [-0.39, 0.29) is 0 Å². The summed E-state index contributed by atoms with van der Waals surface area (Å²) in [5, 5.41) is 0. The van der Waals surface area contributed by atoms with E-state index in [1.807, 2.05) is 0 Å². The van der Waals surface area contributed by atoms with Gasteiger partial charge in [0.1, 0.15) is 6.61 Å². The van der Waals surface area contributed by atoms with Crippen molar-refractivity contribution in [1.82, 2.24) is 0 Å². The van der Waals surface area contributed by atoms with Gasteiger partial charge >= 0.3 is 0 Å². The lowest BCUT2D eigenvalue weighted by atomic mass is 9.85. The van der Waals surface area contributed by atoms with Crippen LogP contribution in [-0.4, -0.2) is 18.5 Å². The zero-order chi connectivity index (χ0) is 12.1. The largest absolute Gasteiger partial charge is 0.370 e. The van der Waals surface area contributed by atoms with Crippen LogP contribution in [0.3, 0.4) is 0 Å². The second kappa shape index (κ2) is 6.53. The molecule has 2 atom stereocenters. The highest BCUT2D eigenvalue weighted by Crippen LogP contribution is 2.29. The van der Waals surface area contributed by atoms with E-state index in [4.69, 9.17) is 4.74 Å². The Morgan fingerprint density at radius 1 is 1.12 bits per heavy atom. The fourth-order valence-corrected chi connectivity index (χ4v) is 3.33. The van der Waals surface area contributed by atoms with E-state index in [2.05, 4.69) is 6.92 Å². The van der Waals surface area contributed by atoms with E-state index in [1.54, 1.807) is 0 Å². The van der Waals surface area contributed by atoms with Crippen molar-refractivity contribution in [1.29, 1.82) is 0 Å². The Balaban J connectivity index is 1.68. The third-order valence-electron chi connectivity index (χ3n) is 4.58. The summed E-state index contributed by atoms with van der Waals surface area (Å²) >= 11 is 0. The molecule has 0 amide bonds. The highest BCUT2D eigenvalue weighted by molar-refractivity contribution is 5.82. The first-order valence-electron chi connectivity index (χ1n) is 7.44. The highest BCUT2D eigenvalue weighted by atomic mass is 16.5. The molecule has 17 heavy (non-hydrogen) atoms. The van der Waals surface area contributed by atoms with Crippen LogP contribution in [0, 0.1) is 11.8 Å². The zero-order valence-corrected chi connectivity index (χ0v) is 11.1. The van der Waals surface area contributed by atoms with Crippen molar-refractivity contribution in [2.75, 3.05) is 6.61 Å². The summed E-state index contributed by atoms with van der Waals surface area (Å²) in [5.74, 6) is 1.51. The maximum absolute atomic E-state index is 11.9. The molecule has 0 N–H and O–H groups in total. The van der Waals surface area contributed by atoms with Gasteiger partial charge in [-0.25, -0.2) is 0 Å². The summed E-state index contributed by atoms with van der Waals surface area (Å²) in [5.41, 5.74) is 0. The Morgan fingerprint density at radius 3 is 2.59 bits per heavy atom. The minimum Gasteiger partial charge on any atom is -0.370 e. The molecule has 0 radical (unpaired) electrons. The third-order valence-corrected chi connectivity index (χ3v) is 4.58. The lowest BCUT2D eigenvalue weighted by Crippen LogP contribution is -2.27. The summed E-state index contributed by atoms with van der Waals surface area (Å²) in [6.07, 6.45) is 11.3. The molecule has 0 spiro atoms. The van der Waals surface area contributed by atoms with Gasteiger partial charge in [0.05, 0.1) is 6.10 Å². The number of hydrogen-bond donors (Lipinski definition) is 0. The normalized spacial score (nSPS) is 30.6. The van der Waals surface area contributed by atoms with Crippen molar-refractivity contribution in [3.63, 3.8) is 0 Å². The topological polar surface area (TPSA) is 26.3 Å². The monoisotopic (exact) mass is 238 g/mol. The van der Waals surface area contributed by atoms with Crippen LogP contribution in [0.4, 0.5) is 0 Å². The summed E-state index contributed by atoms with van der Waals surface area (Å²) < 4.78 is 5.84. The lowest BCUT2D eigenvalue weighted by Gasteiger charge is -2.28. The molecule has 0 aromatic carbocycles. The van der Waals surface area contributed by atoms with E-state index >= 15 is 0 Å². The minimum absolute atomic E-state index is 0.320. The number of ether oxygens (including phenoxy) is 1. The van der Waals surface area contributed by atoms with E-state index < -0.39 is 0 Å². The molecule has 2 rings (SSSR count). The van der Waals surface area contributed by atoms with Crippen molar-refractivity contribution in [3.8, 4) is 0 Å². The molecule has 2 aliphatic rings. The molecule has 0 saturated heterocycles. The smallest absolute Gasteiger partial charge is 0.161 e. The van der Waals surface area contributed by atoms with Crippen molar-refractivity contribution in [2.45, 2.75) is 70.8 Å². The number of ketones is 1. The zero-order valence-electron chi connectivity index (χ0n) is 11.1. The molecule has 2 saturated carbocycles. The van der Waals surface area contributed by atoms with Gasteiger partial charge in [0.15, 0.2) is 5.78 Å².